The third-order valence-electron chi connectivity index (χ3n) is 2.32. The summed E-state index contributed by atoms with van der Waals surface area (Å²) in [5.41, 5.74) is 7.20. The fourth-order valence-corrected chi connectivity index (χ4v) is 1.66. The lowest BCUT2D eigenvalue weighted by Gasteiger charge is -2.05. The second-order valence-electron chi connectivity index (χ2n) is 3.31. The molecule has 0 unspecified atom stereocenters. The van der Waals surface area contributed by atoms with Crippen LogP contribution >= 0.6 is 0 Å². The van der Waals surface area contributed by atoms with E-state index in [1.807, 2.05) is 30.3 Å². The molecule has 0 radical (unpaired) electrons. The van der Waals surface area contributed by atoms with Gasteiger partial charge in [0.05, 0.1) is 0 Å². The molecule has 0 atom stereocenters. The smallest absolute Gasteiger partial charge is 0.160 e. The van der Waals surface area contributed by atoms with Gasteiger partial charge >= 0.3 is 0 Å². The van der Waals surface area contributed by atoms with Crippen molar-refractivity contribution < 1.29 is 4.79 Å². The van der Waals surface area contributed by atoms with Crippen molar-refractivity contribution in [2.45, 2.75) is 6.92 Å². The van der Waals surface area contributed by atoms with E-state index < -0.39 is 0 Å². The number of anilines is 1. The Labute approximate surface area is 82.3 Å². The Morgan fingerprint density at radius 2 is 1.79 bits per heavy atom. The molecule has 2 N–H and O–H groups in total. The fraction of sp³-hybridized carbons (Fsp3) is 0.0833. The Hall–Kier alpha value is -1.83. The van der Waals surface area contributed by atoms with Crippen molar-refractivity contribution in [3.8, 4) is 0 Å². The van der Waals surface area contributed by atoms with E-state index in [-0.39, 0.29) is 5.78 Å². The normalized spacial score (nSPS) is 10.4. The van der Waals surface area contributed by atoms with Crippen LogP contribution in [0.1, 0.15) is 17.3 Å². The van der Waals surface area contributed by atoms with Gasteiger partial charge in [-0.3, -0.25) is 4.79 Å². The van der Waals surface area contributed by atoms with Crippen molar-refractivity contribution in [3.63, 3.8) is 0 Å². The summed E-state index contributed by atoms with van der Waals surface area (Å²) in [5, 5.41) is 1.88. The first-order valence-corrected chi connectivity index (χ1v) is 4.48. The number of hydrogen-bond acceptors (Lipinski definition) is 2. The van der Waals surface area contributed by atoms with Gasteiger partial charge in [0, 0.05) is 16.6 Å². The number of nitrogen functional groups attached to an aromatic ring is 1. The van der Waals surface area contributed by atoms with Crippen molar-refractivity contribution >= 4 is 22.2 Å². The van der Waals surface area contributed by atoms with E-state index in [0.717, 1.165) is 10.8 Å². The second kappa shape index (κ2) is 3.14. The van der Waals surface area contributed by atoms with Crippen LogP contribution in [0.5, 0.6) is 0 Å². The van der Waals surface area contributed by atoms with Crippen LogP contribution in [0.4, 0.5) is 5.69 Å². The Morgan fingerprint density at radius 1 is 1.14 bits per heavy atom. The maximum Gasteiger partial charge on any atom is 0.160 e. The number of carbonyl (C=O) groups is 1. The molecule has 0 fully saturated rings. The van der Waals surface area contributed by atoms with Crippen LogP contribution in [0.2, 0.25) is 0 Å². The van der Waals surface area contributed by atoms with Crippen LogP contribution in [-0.2, 0) is 0 Å². The van der Waals surface area contributed by atoms with E-state index >= 15 is 0 Å². The van der Waals surface area contributed by atoms with Crippen LogP contribution in [0.25, 0.3) is 10.8 Å². The molecule has 14 heavy (non-hydrogen) atoms. The Morgan fingerprint density at radius 3 is 2.43 bits per heavy atom. The number of Topliss-reactive ketones (excluding diaryl/α,β-unsaturated/α-hetero) is 1. The van der Waals surface area contributed by atoms with Crippen molar-refractivity contribution in [2.75, 3.05) is 5.73 Å². The Balaban J connectivity index is 2.91. The topological polar surface area (TPSA) is 43.1 Å². The molecule has 2 nitrogen and oxygen atoms in total. The van der Waals surface area contributed by atoms with E-state index in [1.54, 1.807) is 13.0 Å². The molecule has 0 spiro atoms. The van der Waals surface area contributed by atoms with Crippen molar-refractivity contribution in [1.29, 1.82) is 0 Å². The van der Waals surface area contributed by atoms with Crippen molar-refractivity contribution in [2.24, 2.45) is 0 Å². The molecule has 70 valence electrons. The largest absolute Gasteiger partial charge is 0.398 e. The molecule has 2 aromatic carbocycles. The average Bonchev–Trinajstić information content (AvgIpc) is 2.17. The van der Waals surface area contributed by atoms with E-state index in [4.69, 9.17) is 5.73 Å². The molecule has 0 aromatic heterocycles. The van der Waals surface area contributed by atoms with E-state index in [2.05, 4.69) is 0 Å². The Bertz CT molecular complexity index is 497. The highest BCUT2D eigenvalue weighted by atomic mass is 16.1. The number of rotatable bonds is 1. The molecule has 2 aromatic rings. The van der Waals surface area contributed by atoms with Gasteiger partial charge in [-0.15, -0.1) is 0 Å². The minimum Gasteiger partial charge on any atom is -0.398 e. The van der Waals surface area contributed by atoms with Gasteiger partial charge in [0.15, 0.2) is 5.78 Å². The lowest BCUT2D eigenvalue weighted by molar-refractivity contribution is 0.101. The molecule has 0 heterocycles. The van der Waals surface area contributed by atoms with Crippen LogP contribution in [-0.4, -0.2) is 5.78 Å². The van der Waals surface area contributed by atoms with E-state index in [1.165, 1.54) is 0 Å². The minimum atomic E-state index is 0.0495. The zero-order chi connectivity index (χ0) is 10.1. The van der Waals surface area contributed by atoms with Gasteiger partial charge in [-0.1, -0.05) is 30.3 Å². The van der Waals surface area contributed by atoms with Gasteiger partial charge < -0.3 is 5.73 Å². The number of ketones is 1. The van der Waals surface area contributed by atoms with Gasteiger partial charge in [-0.25, -0.2) is 0 Å². The third-order valence-corrected chi connectivity index (χ3v) is 2.32. The first-order valence-electron chi connectivity index (χ1n) is 4.48. The number of benzene rings is 2. The minimum absolute atomic E-state index is 0.0495. The maximum absolute atomic E-state index is 11.4. The molecular weight excluding hydrogens is 174 g/mol. The SMILES string of the molecule is CC(=O)c1cccc2cccc(N)c12. The standard InChI is InChI=1S/C12H11NO/c1-8(14)10-6-2-4-9-5-3-7-11(13)12(9)10/h2-7H,13H2,1H3. The van der Waals surface area contributed by atoms with Crippen molar-refractivity contribution in [3.05, 3.63) is 42.0 Å². The summed E-state index contributed by atoms with van der Waals surface area (Å²) in [6.07, 6.45) is 0. The monoisotopic (exact) mass is 185 g/mol. The summed E-state index contributed by atoms with van der Waals surface area (Å²) in [7, 11) is 0. The average molecular weight is 185 g/mol. The van der Waals surface area contributed by atoms with Crippen LogP contribution in [0, 0.1) is 0 Å². The highest BCUT2D eigenvalue weighted by Crippen LogP contribution is 2.24. The van der Waals surface area contributed by atoms with Crippen LogP contribution < -0.4 is 5.73 Å². The van der Waals surface area contributed by atoms with Gasteiger partial charge in [-0.05, 0) is 18.4 Å². The van der Waals surface area contributed by atoms with Gasteiger partial charge in [0.25, 0.3) is 0 Å². The first-order chi connectivity index (χ1) is 6.70. The zero-order valence-electron chi connectivity index (χ0n) is 7.95. The summed E-state index contributed by atoms with van der Waals surface area (Å²) in [6, 6.07) is 11.3. The molecular formula is C12H11NO. The second-order valence-corrected chi connectivity index (χ2v) is 3.31. The van der Waals surface area contributed by atoms with Gasteiger partial charge in [0.2, 0.25) is 0 Å². The van der Waals surface area contributed by atoms with Gasteiger partial charge in [0.1, 0.15) is 0 Å². The quantitative estimate of drug-likeness (QED) is 0.548. The molecule has 0 bridgehead atoms. The summed E-state index contributed by atoms with van der Waals surface area (Å²) < 4.78 is 0. The Kier molecular flexibility index (Phi) is 1.97. The molecule has 0 aliphatic heterocycles. The van der Waals surface area contributed by atoms with E-state index in [0.29, 0.717) is 11.3 Å². The lowest BCUT2D eigenvalue weighted by atomic mass is 10.0. The maximum atomic E-state index is 11.4. The highest BCUT2D eigenvalue weighted by molar-refractivity contribution is 6.11. The summed E-state index contributed by atoms with van der Waals surface area (Å²) in [5.74, 6) is 0.0495. The first kappa shape index (κ1) is 8.75. The van der Waals surface area contributed by atoms with Crippen LogP contribution in [0.15, 0.2) is 36.4 Å². The number of hydrogen-bond donors (Lipinski definition) is 1. The molecule has 0 amide bonds. The molecule has 2 heteroatoms. The fourth-order valence-electron chi connectivity index (χ4n) is 1.66. The summed E-state index contributed by atoms with van der Waals surface area (Å²) >= 11 is 0. The zero-order valence-corrected chi connectivity index (χ0v) is 7.95. The molecule has 2 rings (SSSR count). The predicted molar refractivity (Wildman–Crippen MR) is 58.4 cm³/mol. The van der Waals surface area contributed by atoms with Gasteiger partial charge in [-0.2, -0.15) is 0 Å². The molecule has 0 aliphatic rings. The molecule has 0 saturated heterocycles. The highest BCUT2D eigenvalue weighted by Gasteiger charge is 2.06. The number of carbonyl (C=O) groups excluding carboxylic acids is 1. The molecule has 0 saturated carbocycles. The number of nitrogens with two attached hydrogens (primary N) is 1. The van der Waals surface area contributed by atoms with Crippen molar-refractivity contribution in [1.82, 2.24) is 0 Å². The van der Waals surface area contributed by atoms with E-state index in [9.17, 15) is 4.79 Å². The predicted octanol–water partition coefficient (Wildman–Crippen LogP) is 2.62. The summed E-state index contributed by atoms with van der Waals surface area (Å²) in [4.78, 5) is 11.4. The van der Waals surface area contributed by atoms with Crippen LogP contribution in [0.3, 0.4) is 0 Å². The molecule has 0 aliphatic carbocycles. The third kappa shape index (κ3) is 1.25. The lowest BCUT2D eigenvalue weighted by Crippen LogP contribution is -1.96. The number of fused-ring (bicyclic) bond motifs is 1. The summed E-state index contributed by atoms with van der Waals surface area (Å²) in [6.45, 7) is 1.56.